The summed E-state index contributed by atoms with van der Waals surface area (Å²) in [5, 5.41) is 29.6. The molecule has 3 N–H and O–H groups in total. The van der Waals surface area contributed by atoms with Crippen molar-refractivity contribution < 1.29 is 15.3 Å². The quantitative estimate of drug-likeness (QED) is 0.692. The van der Waals surface area contributed by atoms with E-state index in [0.717, 1.165) is 33.4 Å². The van der Waals surface area contributed by atoms with E-state index >= 15 is 0 Å². The fraction of sp³-hybridized carbons (Fsp3) is 0.0526. The molecule has 0 amide bonds. The van der Waals surface area contributed by atoms with Gasteiger partial charge in [-0.25, -0.2) is 0 Å². The van der Waals surface area contributed by atoms with Crippen molar-refractivity contribution in [1.29, 1.82) is 0 Å². The van der Waals surface area contributed by atoms with Crippen molar-refractivity contribution in [3.8, 4) is 11.5 Å². The summed E-state index contributed by atoms with van der Waals surface area (Å²) in [5.74, 6) is 0.0424. The van der Waals surface area contributed by atoms with Crippen LogP contribution >= 0.6 is 0 Å². The summed E-state index contributed by atoms with van der Waals surface area (Å²) in [7, 11) is 0. The highest BCUT2D eigenvalue weighted by atomic mass is 16.3. The maximum Gasteiger partial charge on any atom is 0.158 e. The molecule has 0 aromatic heterocycles. The second-order valence-electron chi connectivity index (χ2n) is 5.50. The van der Waals surface area contributed by atoms with Crippen LogP contribution in [0.25, 0.3) is 11.1 Å². The molecule has 2 aliphatic carbocycles. The molecule has 0 spiro atoms. The van der Waals surface area contributed by atoms with Crippen LogP contribution in [0.1, 0.15) is 23.1 Å². The van der Waals surface area contributed by atoms with E-state index in [-0.39, 0.29) is 11.5 Å². The lowest BCUT2D eigenvalue weighted by atomic mass is 9.95. The lowest BCUT2D eigenvalue weighted by Gasteiger charge is -2.11. The van der Waals surface area contributed by atoms with Gasteiger partial charge in [-0.2, -0.15) is 0 Å². The molecule has 0 bridgehead atoms. The minimum absolute atomic E-state index is 0.132. The standard InChI is InChI=1S/C19H14O3/c20-12-6-7-13-14-9-17(21)18(22)10-16(14)19(15(13)8-12)11-4-2-1-3-5-11/h1-5,7-10,20-22H,6H2. The monoisotopic (exact) mass is 290 g/mol. The molecule has 0 atom stereocenters. The molecule has 0 heterocycles. The van der Waals surface area contributed by atoms with Gasteiger partial charge >= 0.3 is 0 Å². The van der Waals surface area contributed by atoms with E-state index in [1.165, 1.54) is 0 Å². The Hall–Kier alpha value is -2.94. The van der Waals surface area contributed by atoms with Gasteiger partial charge in [-0.3, -0.25) is 0 Å². The zero-order valence-corrected chi connectivity index (χ0v) is 11.7. The molecule has 0 saturated heterocycles. The first kappa shape index (κ1) is 12.8. The highest BCUT2D eigenvalue weighted by molar-refractivity contribution is 6.07. The first-order valence-corrected chi connectivity index (χ1v) is 7.11. The average Bonchev–Trinajstić information content (AvgIpc) is 2.81. The molecule has 0 radical (unpaired) electrons. The average molecular weight is 290 g/mol. The molecule has 2 aliphatic rings. The molecule has 0 fully saturated rings. The van der Waals surface area contributed by atoms with E-state index in [0.29, 0.717) is 12.2 Å². The number of aliphatic hydroxyl groups is 1. The Labute approximate surface area is 127 Å². The second kappa shape index (κ2) is 4.53. The van der Waals surface area contributed by atoms with Crippen molar-refractivity contribution in [3.05, 3.63) is 82.6 Å². The van der Waals surface area contributed by atoms with Gasteiger partial charge in [0.2, 0.25) is 0 Å². The number of aromatic hydroxyl groups is 2. The van der Waals surface area contributed by atoms with Crippen molar-refractivity contribution in [1.82, 2.24) is 0 Å². The van der Waals surface area contributed by atoms with Crippen LogP contribution in [-0.2, 0) is 0 Å². The fourth-order valence-corrected chi connectivity index (χ4v) is 3.15. The van der Waals surface area contributed by atoms with Gasteiger partial charge in [0.25, 0.3) is 0 Å². The molecular weight excluding hydrogens is 276 g/mol. The van der Waals surface area contributed by atoms with Crippen LogP contribution in [-0.4, -0.2) is 15.3 Å². The summed E-state index contributed by atoms with van der Waals surface area (Å²) < 4.78 is 0. The molecule has 22 heavy (non-hydrogen) atoms. The number of allylic oxidation sites excluding steroid dienone is 4. The highest BCUT2D eigenvalue weighted by Gasteiger charge is 2.29. The summed E-state index contributed by atoms with van der Waals surface area (Å²) in [6.07, 6.45) is 4.20. The van der Waals surface area contributed by atoms with E-state index in [9.17, 15) is 15.3 Å². The number of hydrogen-bond donors (Lipinski definition) is 3. The molecular formula is C19H14O3. The summed E-state index contributed by atoms with van der Waals surface area (Å²) >= 11 is 0. The van der Waals surface area contributed by atoms with Gasteiger partial charge in [-0.1, -0.05) is 36.4 Å². The molecule has 0 aliphatic heterocycles. The van der Waals surface area contributed by atoms with Gasteiger partial charge in [0.05, 0.1) is 5.76 Å². The lowest BCUT2D eigenvalue weighted by molar-refractivity contribution is 0.400. The Morgan fingerprint density at radius 3 is 2.23 bits per heavy atom. The van der Waals surface area contributed by atoms with E-state index in [2.05, 4.69) is 0 Å². The molecule has 0 saturated carbocycles. The minimum Gasteiger partial charge on any atom is -0.512 e. The summed E-state index contributed by atoms with van der Waals surface area (Å²) in [6, 6.07) is 13.0. The Morgan fingerprint density at radius 2 is 1.50 bits per heavy atom. The normalized spacial score (nSPS) is 16.0. The zero-order chi connectivity index (χ0) is 15.3. The number of aliphatic hydroxyl groups excluding tert-OH is 1. The lowest BCUT2D eigenvalue weighted by Crippen LogP contribution is -1.93. The van der Waals surface area contributed by atoms with E-state index < -0.39 is 0 Å². The van der Waals surface area contributed by atoms with Crippen molar-refractivity contribution in [2.24, 2.45) is 0 Å². The van der Waals surface area contributed by atoms with Crippen molar-refractivity contribution in [2.45, 2.75) is 6.42 Å². The number of phenolic OH excluding ortho intramolecular Hbond substituents is 2. The predicted molar refractivity (Wildman–Crippen MR) is 85.5 cm³/mol. The van der Waals surface area contributed by atoms with Gasteiger partial charge in [-0.05, 0) is 51.6 Å². The molecule has 3 heteroatoms. The van der Waals surface area contributed by atoms with Gasteiger partial charge in [-0.15, -0.1) is 0 Å². The summed E-state index contributed by atoms with van der Waals surface area (Å²) in [4.78, 5) is 0. The van der Waals surface area contributed by atoms with Crippen LogP contribution in [0, 0.1) is 0 Å². The number of fused-ring (bicyclic) bond motifs is 3. The third-order valence-corrected chi connectivity index (χ3v) is 4.12. The van der Waals surface area contributed by atoms with Crippen molar-refractivity contribution in [2.75, 3.05) is 0 Å². The van der Waals surface area contributed by atoms with Crippen LogP contribution in [0.5, 0.6) is 11.5 Å². The number of rotatable bonds is 1. The van der Waals surface area contributed by atoms with Crippen LogP contribution in [0.15, 0.2) is 65.9 Å². The van der Waals surface area contributed by atoms with Gasteiger partial charge in [0.15, 0.2) is 11.5 Å². The predicted octanol–water partition coefficient (Wildman–Crippen LogP) is 4.14. The Balaban J connectivity index is 2.06. The number of phenols is 2. The first-order chi connectivity index (χ1) is 10.6. The van der Waals surface area contributed by atoms with E-state index in [1.54, 1.807) is 18.2 Å². The smallest absolute Gasteiger partial charge is 0.158 e. The second-order valence-corrected chi connectivity index (χ2v) is 5.50. The maximum atomic E-state index is 9.89. The Bertz CT molecular complexity index is 871. The van der Waals surface area contributed by atoms with Crippen LogP contribution in [0.4, 0.5) is 0 Å². The first-order valence-electron chi connectivity index (χ1n) is 7.11. The van der Waals surface area contributed by atoms with Crippen LogP contribution in [0.2, 0.25) is 0 Å². The van der Waals surface area contributed by atoms with Gasteiger partial charge in [0.1, 0.15) is 0 Å². The van der Waals surface area contributed by atoms with Crippen LogP contribution in [0.3, 0.4) is 0 Å². The Morgan fingerprint density at radius 1 is 0.818 bits per heavy atom. The maximum absolute atomic E-state index is 9.89. The van der Waals surface area contributed by atoms with Crippen molar-refractivity contribution >= 4 is 11.1 Å². The number of hydrogen-bond acceptors (Lipinski definition) is 3. The third kappa shape index (κ3) is 1.76. The molecule has 0 unspecified atom stereocenters. The summed E-state index contributed by atoms with van der Waals surface area (Å²) in [5.41, 5.74) is 5.64. The Kier molecular flexibility index (Phi) is 2.63. The SMILES string of the molecule is OC1=CC2=C(c3ccccc3)c3cc(O)c(O)cc3C2=CC1. The zero-order valence-electron chi connectivity index (χ0n) is 11.7. The van der Waals surface area contributed by atoms with E-state index in [4.69, 9.17) is 0 Å². The molecule has 2 aromatic carbocycles. The van der Waals surface area contributed by atoms with Crippen LogP contribution < -0.4 is 0 Å². The summed E-state index contributed by atoms with van der Waals surface area (Å²) in [6.45, 7) is 0. The largest absolute Gasteiger partial charge is 0.512 e. The van der Waals surface area contributed by atoms with Crippen molar-refractivity contribution in [3.63, 3.8) is 0 Å². The molecule has 4 rings (SSSR count). The molecule has 108 valence electrons. The number of benzene rings is 2. The van der Waals surface area contributed by atoms with E-state index in [1.807, 2.05) is 36.4 Å². The third-order valence-electron chi connectivity index (χ3n) is 4.12. The topological polar surface area (TPSA) is 60.7 Å². The van der Waals surface area contributed by atoms with Gasteiger partial charge < -0.3 is 15.3 Å². The molecule has 2 aromatic rings. The highest BCUT2D eigenvalue weighted by Crippen LogP contribution is 2.49. The van der Waals surface area contributed by atoms with Gasteiger partial charge in [0, 0.05) is 6.42 Å². The molecule has 3 nitrogen and oxygen atoms in total. The fourth-order valence-electron chi connectivity index (χ4n) is 3.15. The minimum atomic E-state index is -0.139.